The molecular formula is C20H34O5. The third kappa shape index (κ3) is 5.53. The van der Waals surface area contributed by atoms with Crippen molar-refractivity contribution in [1.29, 1.82) is 0 Å². The summed E-state index contributed by atoms with van der Waals surface area (Å²) >= 11 is 0. The summed E-state index contributed by atoms with van der Waals surface area (Å²) in [6, 6.07) is 0. The van der Waals surface area contributed by atoms with Crippen LogP contribution >= 0.6 is 0 Å². The summed E-state index contributed by atoms with van der Waals surface area (Å²) in [5.74, 6) is -0.281. The van der Waals surface area contributed by atoms with E-state index in [4.69, 9.17) is 14.6 Å². The molecule has 2 heterocycles. The molecule has 2 fully saturated rings. The van der Waals surface area contributed by atoms with E-state index in [9.17, 15) is 9.90 Å². The summed E-state index contributed by atoms with van der Waals surface area (Å²) in [6.07, 6.45) is 10.3. The third-order valence-electron chi connectivity index (χ3n) is 5.80. The number of carboxylic acid groups (broad SMARTS) is 1. The number of carboxylic acids is 1. The molecule has 0 aromatic heterocycles. The van der Waals surface area contributed by atoms with Crippen LogP contribution in [0, 0.1) is 17.3 Å². The van der Waals surface area contributed by atoms with Crippen molar-refractivity contribution in [3.63, 3.8) is 0 Å². The minimum atomic E-state index is -0.932. The summed E-state index contributed by atoms with van der Waals surface area (Å²) in [7, 11) is 0. The first-order valence-electron chi connectivity index (χ1n) is 9.66. The molecule has 5 heteroatoms. The van der Waals surface area contributed by atoms with Gasteiger partial charge in [0.15, 0.2) is 0 Å². The number of hydrogen-bond acceptors (Lipinski definition) is 4. The van der Waals surface area contributed by atoms with Gasteiger partial charge in [-0.05, 0) is 37.0 Å². The fraction of sp³-hybridized carbons (Fsp3) is 0.850. The fourth-order valence-corrected chi connectivity index (χ4v) is 4.11. The largest absolute Gasteiger partial charge is 0.480 e. The highest BCUT2D eigenvalue weighted by atomic mass is 16.5. The second-order valence-electron chi connectivity index (χ2n) is 8.19. The first kappa shape index (κ1) is 20.4. The van der Waals surface area contributed by atoms with Gasteiger partial charge in [0.1, 0.15) is 6.61 Å². The lowest BCUT2D eigenvalue weighted by molar-refractivity contribution is -0.142. The maximum Gasteiger partial charge on any atom is 0.329 e. The second-order valence-corrected chi connectivity index (χ2v) is 8.19. The Morgan fingerprint density at radius 2 is 2.08 bits per heavy atom. The van der Waals surface area contributed by atoms with Gasteiger partial charge in [-0.3, -0.25) is 0 Å². The van der Waals surface area contributed by atoms with E-state index < -0.39 is 12.1 Å². The van der Waals surface area contributed by atoms with Gasteiger partial charge in [0, 0.05) is 12.5 Å². The Hall–Kier alpha value is -0.910. The van der Waals surface area contributed by atoms with Crippen molar-refractivity contribution in [3.8, 4) is 0 Å². The minimum absolute atomic E-state index is 0.120. The van der Waals surface area contributed by atoms with E-state index >= 15 is 0 Å². The van der Waals surface area contributed by atoms with Crippen molar-refractivity contribution < 1.29 is 24.5 Å². The molecule has 2 N–H and O–H groups in total. The molecule has 144 valence electrons. The van der Waals surface area contributed by atoms with Crippen LogP contribution in [0.5, 0.6) is 0 Å². The number of ether oxygens (including phenoxy) is 2. The van der Waals surface area contributed by atoms with Crippen molar-refractivity contribution in [3.05, 3.63) is 12.2 Å². The Bertz CT molecular complexity index is 459. The maximum absolute atomic E-state index is 10.6. The van der Waals surface area contributed by atoms with Gasteiger partial charge in [0.05, 0.1) is 18.3 Å². The van der Waals surface area contributed by atoms with Crippen LogP contribution in [0.2, 0.25) is 0 Å². The van der Waals surface area contributed by atoms with Crippen molar-refractivity contribution in [2.75, 3.05) is 13.2 Å². The Labute approximate surface area is 151 Å². The number of hydrogen-bond donors (Lipinski definition) is 2. The van der Waals surface area contributed by atoms with Crippen molar-refractivity contribution in [1.82, 2.24) is 0 Å². The SMILES string of the molecule is CCCCC(C)(C)C(O)C=C[C@@H]1[C@H](CCOCC(=O)O)[C@@H]2CC[C@H]1O2. The summed E-state index contributed by atoms with van der Waals surface area (Å²) in [5, 5.41) is 19.2. The molecule has 5 nitrogen and oxygen atoms in total. The Morgan fingerprint density at radius 1 is 1.36 bits per heavy atom. The molecule has 2 saturated heterocycles. The van der Waals surface area contributed by atoms with Gasteiger partial charge in [0.2, 0.25) is 0 Å². The molecular weight excluding hydrogens is 320 g/mol. The van der Waals surface area contributed by atoms with Gasteiger partial charge >= 0.3 is 5.97 Å². The van der Waals surface area contributed by atoms with Crippen LogP contribution in [0.4, 0.5) is 0 Å². The third-order valence-corrected chi connectivity index (χ3v) is 5.80. The Morgan fingerprint density at radius 3 is 2.76 bits per heavy atom. The van der Waals surface area contributed by atoms with Gasteiger partial charge < -0.3 is 19.7 Å². The first-order chi connectivity index (χ1) is 11.8. The predicted molar refractivity (Wildman–Crippen MR) is 96.4 cm³/mol. The van der Waals surface area contributed by atoms with Gasteiger partial charge in [-0.25, -0.2) is 4.79 Å². The van der Waals surface area contributed by atoms with Gasteiger partial charge in [-0.15, -0.1) is 0 Å². The molecule has 0 radical (unpaired) electrons. The van der Waals surface area contributed by atoms with Crippen LogP contribution in [0.1, 0.15) is 59.3 Å². The minimum Gasteiger partial charge on any atom is -0.480 e. The molecule has 5 atom stereocenters. The van der Waals surface area contributed by atoms with E-state index in [0.717, 1.165) is 38.5 Å². The molecule has 2 rings (SSSR count). The fourth-order valence-electron chi connectivity index (χ4n) is 4.11. The van der Waals surface area contributed by atoms with E-state index in [1.54, 1.807) is 0 Å². The number of aliphatic hydroxyl groups excluding tert-OH is 1. The number of rotatable bonds is 11. The number of aliphatic hydroxyl groups is 1. The highest BCUT2D eigenvalue weighted by molar-refractivity contribution is 5.67. The summed E-state index contributed by atoms with van der Waals surface area (Å²) < 4.78 is 11.3. The second kappa shape index (κ2) is 9.15. The maximum atomic E-state index is 10.6. The first-order valence-corrected chi connectivity index (χ1v) is 9.66. The zero-order valence-electron chi connectivity index (χ0n) is 15.8. The number of fused-ring (bicyclic) bond motifs is 2. The van der Waals surface area contributed by atoms with Gasteiger partial charge in [-0.1, -0.05) is 45.8 Å². The highest BCUT2D eigenvalue weighted by Crippen LogP contribution is 2.46. The quantitative estimate of drug-likeness (QED) is 0.439. The number of unbranched alkanes of at least 4 members (excludes halogenated alkanes) is 1. The van der Waals surface area contributed by atoms with Gasteiger partial charge in [0.25, 0.3) is 0 Å². The van der Waals surface area contributed by atoms with Crippen LogP contribution in [-0.4, -0.2) is 47.7 Å². The van der Waals surface area contributed by atoms with E-state index in [2.05, 4.69) is 26.8 Å². The zero-order chi connectivity index (χ0) is 18.4. The summed E-state index contributed by atoms with van der Waals surface area (Å²) in [5.41, 5.74) is -0.120. The lowest BCUT2D eigenvalue weighted by atomic mass is 9.76. The standard InChI is InChI=1S/C20H34O5/c1-4-5-11-20(2,3)18(21)9-6-14-15(10-12-24-13-19(22)23)17-8-7-16(14)25-17/h6,9,14-18,21H,4-5,7-8,10-13H2,1-3H3,(H,22,23)/t14-,15+,16-,17+,18?/m1/s1. The summed E-state index contributed by atoms with van der Waals surface area (Å²) in [4.78, 5) is 10.5. The van der Waals surface area contributed by atoms with E-state index in [1.807, 2.05) is 6.08 Å². The summed E-state index contributed by atoms with van der Waals surface area (Å²) in [6.45, 7) is 6.60. The lowest BCUT2D eigenvalue weighted by Gasteiger charge is -2.30. The molecule has 0 amide bonds. The molecule has 25 heavy (non-hydrogen) atoms. The molecule has 2 bridgehead atoms. The molecule has 0 aromatic carbocycles. The number of carbonyl (C=O) groups is 1. The zero-order valence-corrected chi connectivity index (χ0v) is 15.8. The van der Waals surface area contributed by atoms with E-state index in [-0.39, 0.29) is 24.2 Å². The molecule has 2 aliphatic heterocycles. The number of aliphatic carboxylic acids is 1. The Kier molecular flexibility index (Phi) is 7.47. The highest BCUT2D eigenvalue weighted by Gasteiger charge is 2.47. The Balaban J connectivity index is 1.90. The van der Waals surface area contributed by atoms with Crippen LogP contribution in [-0.2, 0) is 14.3 Å². The molecule has 0 saturated carbocycles. The van der Waals surface area contributed by atoms with Gasteiger partial charge in [-0.2, -0.15) is 0 Å². The van der Waals surface area contributed by atoms with Crippen LogP contribution in [0.25, 0.3) is 0 Å². The molecule has 2 aliphatic rings. The molecule has 0 aromatic rings. The molecule has 0 spiro atoms. The van der Waals surface area contributed by atoms with Crippen molar-refractivity contribution in [2.24, 2.45) is 17.3 Å². The molecule has 0 aliphatic carbocycles. The van der Waals surface area contributed by atoms with Crippen molar-refractivity contribution >= 4 is 5.97 Å². The lowest BCUT2D eigenvalue weighted by Crippen LogP contribution is -2.30. The molecule has 1 unspecified atom stereocenters. The van der Waals surface area contributed by atoms with Crippen molar-refractivity contribution in [2.45, 2.75) is 77.6 Å². The van der Waals surface area contributed by atoms with E-state index in [0.29, 0.717) is 18.4 Å². The normalized spacial score (nSPS) is 30.2. The predicted octanol–water partition coefficient (Wildman–Crippen LogP) is 3.40. The van der Waals surface area contributed by atoms with Crippen LogP contribution in [0.15, 0.2) is 12.2 Å². The smallest absolute Gasteiger partial charge is 0.329 e. The van der Waals surface area contributed by atoms with Crippen LogP contribution in [0.3, 0.4) is 0 Å². The van der Waals surface area contributed by atoms with E-state index in [1.165, 1.54) is 0 Å². The average molecular weight is 354 g/mol. The van der Waals surface area contributed by atoms with Crippen LogP contribution < -0.4 is 0 Å². The monoisotopic (exact) mass is 354 g/mol. The topological polar surface area (TPSA) is 76.0 Å². The average Bonchev–Trinajstić information content (AvgIpc) is 3.16.